The number of rotatable bonds is 5. The van der Waals surface area contributed by atoms with Gasteiger partial charge in [0.05, 0.1) is 12.5 Å². The van der Waals surface area contributed by atoms with Gasteiger partial charge in [0.1, 0.15) is 5.82 Å². The van der Waals surface area contributed by atoms with Gasteiger partial charge in [0.2, 0.25) is 0 Å². The molecule has 1 rings (SSSR count). The second kappa shape index (κ2) is 6.15. The van der Waals surface area contributed by atoms with Crippen molar-refractivity contribution in [3.63, 3.8) is 0 Å². The minimum absolute atomic E-state index is 0.0287. The van der Waals surface area contributed by atoms with Gasteiger partial charge in [-0.15, -0.1) is 0 Å². The zero-order valence-electron chi connectivity index (χ0n) is 12.2. The fourth-order valence-corrected chi connectivity index (χ4v) is 1.75. The summed E-state index contributed by atoms with van der Waals surface area (Å²) in [5.74, 6) is -0.472. The minimum Gasteiger partial charge on any atom is -0.469 e. The number of hydrogen-bond donors (Lipinski definition) is 1. The zero-order valence-corrected chi connectivity index (χ0v) is 12.2. The lowest BCUT2D eigenvalue weighted by atomic mass is 9.93. The maximum absolute atomic E-state index is 13.5. The Bertz CT molecular complexity index is 457. The van der Waals surface area contributed by atoms with Gasteiger partial charge < -0.3 is 10.1 Å². The van der Waals surface area contributed by atoms with Crippen LogP contribution in [0, 0.1) is 18.2 Å². The van der Waals surface area contributed by atoms with Crippen LogP contribution in [-0.4, -0.2) is 19.6 Å². The van der Waals surface area contributed by atoms with Gasteiger partial charge in [0.15, 0.2) is 0 Å². The van der Waals surface area contributed by atoms with Crippen LogP contribution in [0.2, 0.25) is 0 Å². The van der Waals surface area contributed by atoms with Crippen molar-refractivity contribution in [2.75, 3.05) is 13.7 Å². The predicted octanol–water partition coefficient (Wildman–Crippen LogP) is 2.98. The highest BCUT2D eigenvalue weighted by Crippen LogP contribution is 2.20. The van der Waals surface area contributed by atoms with Crippen molar-refractivity contribution >= 4 is 5.97 Å². The normalized spacial score (nSPS) is 13.2. The number of halogens is 1. The molecule has 1 aromatic carbocycles. The molecule has 0 aromatic heterocycles. The lowest BCUT2D eigenvalue weighted by Gasteiger charge is -2.24. The first-order valence-electron chi connectivity index (χ1n) is 6.36. The molecular formula is C15H22FNO2. The third kappa shape index (κ3) is 4.03. The zero-order chi connectivity index (χ0) is 14.6. The largest absolute Gasteiger partial charge is 0.469 e. The number of methoxy groups -OCH3 is 1. The van der Waals surface area contributed by atoms with Gasteiger partial charge in [0, 0.05) is 12.6 Å². The van der Waals surface area contributed by atoms with E-state index in [-0.39, 0.29) is 17.8 Å². The Hall–Kier alpha value is -1.42. The van der Waals surface area contributed by atoms with Crippen LogP contribution in [0.5, 0.6) is 0 Å². The summed E-state index contributed by atoms with van der Waals surface area (Å²) in [5.41, 5.74) is 0.890. The lowest BCUT2D eigenvalue weighted by Crippen LogP contribution is -2.38. The Morgan fingerprint density at radius 1 is 1.47 bits per heavy atom. The standard InChI is InChI=1S/C15H22FNO2/c1-10-6-7-12(8-13(10)16)11(2)17-9-15(3,4)14(18)19-5/h6-8,11,17H,9H2,1-5H3. The van der Waals surface area contributed by atoms with Gasteiger partial charge in [-0.1, -0.05) is 12.1 Å². The van der Waals surface area contributed by atoms with E-state index in [2.05, 4.69) is 5.32 Å². The molecule has 0 fully saturated rings. The van der Waals surface area contributed by atoms with Gasteiger partial charge in [0.25, 0.3) is 0 Å². The highest BCUT2D eigenvalue weighted by molar-refractivity contribution is 5.76. The van der Waals surface area contributed by atoms with E-state index in [9.17, 15) is 9.18 Å². The van der Waals surface area contributed by atoms with E-state index in [0.717, 1.165) is 5.56 Å². The quantitative estimate of drug-likeness (QED) is 0.833. The summed E-state index contributed by atoms with van der Waals surface area (Å²) in [5, 5.41) is 3.23. The summed E-state index contributed by atoms with van der Waals surface area (Å²) in [6.45, 7) is 7.77. The van der Waals surface area contributed by atoms with Crippen molar-refractivity contribution in [3.8, 4) is 0 Å². The SMILES string of the molecule is COC(=O)C(C)(C)CNC(C)c1ccc(C)c(F)c1. The Balaban J connectivity index is 2.67. The van der Waals surface area contributed by atoms with Crippen molar-refractivity contribution in [1.82, 2.24) is 5.32 Å². The van der Waals surface area contributed by atoms with Crippen molar-refractivity contribution in [1.29, 1.82) is 0 Å². The van der Waals surface area contributed by atoms with Gasteiger partial charge in [-0.25, -0.2) is 4.39 Å². The number of ether oxygens (including phenoxy) is 1. The average Bonchev–Trinajstić information content (AvgIpc) is 2.38. The second-order valence-electron chi connectivity index (χ2n) is 5.49. The van der Waals surface area contributed by atoms with E-state index in [0.29, 0.717) is 12.1 Å². The van der Waals surface area contributed by atoms with Crippen LogP contribution in [-0.2, 0) is 9.53 Å². The van der Waals surface area contributed by atoms with Crippen LogP contribution in [0.25, 0.3) is 0 Å². The van der Waals surface area contributed by atoms with Crippen LogP contribution >= 0.6 is 0 Å². The van der Waals surface area contributed by atoms with E-state index >= 15 is 0 Å². The fourth-order valence-electron chi connectivity index (χ4n) is 1.75. The Morgan fingerprint density at radius 2 is 2.11 bits per heavy atom. The molecule has 1 aromatic rings. The summed E-state index contributed by atoms with van der Waals surface area (Å²) < 4.78 is 18.2. The highest BCUT2D eigenvalue weighted by atomic mass is 19.1. The molecule has 1 atom stereocenters. The molecule has 0 saturated carbocycles. The van der Waals surface area contributed by atoms with Crippen LogP contribution in [0.15, 0.2) is 18.2 Å². The van der Waals surface area contributed by atoms with Crippen molar-refractivity contribution in [2.45, 2.75) is 33.7 Å². The number of nitrogens with one attached hydrogen (secondary N) is 1. The molecule has 0 aliphatic heterocycles. The molecule has 0 aliphatic carbocycles. The van der Waals surface area contributed by atoms with Crippen molar-refractivity contribution in [2.24, 2.45) is 5.41 Å². The third-order valence-electron chi connectivity index (χ3n) is 3.28. The van der Waals surface area contributed by atoms with Crippen molar-refractivity contribution < 1.29 is 13.9 Å². The molecule has 4 heteroatoms. The first-order chi connectivity index (χ1) is 8.77. The van der Waals surface area contributed by atoms with E-state index in [1.165, 1.54) is 13.2 Å². The molecule has 0 radical (unpaired) electrons. The fraction of sp³-hybridized carbons (Fsp3) is 0.533. The predicted molar refractivity (Wildman–Crippen MR) is 73.4 cm³/mol. The van der Waals surface area contributed by atoms with Crippen LogP contribution in [0.4, 0.5) is 4.39 Å². The molecule has 19 heavy (non-hydrogen) atoms. The maximum Gasteiger partial charge on any atom is 0.312 e. The first-order valence-corrected chi connectivity index (χ1v) is 6.36. The van der Waals surface area contributed by atoms with Gasteiger partial charge in [-0.2, -0.15) is 0 Å². The number of esters is 1. The Kier molecular flexibility index (Phi) is 5.06. The van der Waals surface area contributed by atoms with Crippen LogP contribution < -0.4 is 5.32 Å². The van der Waals surface area contributed by atoms with E-state index in [1.807, 2.05) is 26.8 Å². The Morgan fingerprint density at radius 3 is 2.63 bits per heavy atom. The number of aryl methyl sites for hydroxylation is 1. The summed E-state index contributed by atoms with van der Waals surface area (Å²) in [7, 11) is 1.38. The first kappa shape index (κ1) is 15.6. The van der Waals surface area contributed by atoms with E-state index in [4.69, 9.17) is 4.74 Å². The molecule has 1 unspecified atom stereocenters. The molecule has 0 heterocycles. The number of hydrogen-bond acceptors (Lipinski definition) is 3. The van der Waals surface area contributed by atoms with Crippen molar-refractivity contribution in [3.05, 3.63) is 35.1 Å². The third-order valence-corrected chi connectivity index (χ3v) is 3.28. The smallest absolute Gasteiger partial charge is 0.312 e. The molecule has 0 bridgehead atoms. The topological polar surface area (TPSA) is 38.3 Å². The van der Waals surface area contributed by atoms with Crippen LogP contribution in [0.1, 0.15) is 37.9 Å². The van der Waals surface area contributed by atoms with E-state index in [1.54, 1.807) is 13.0 Å². The molecule has 3 nitrogen and oxygen atoms in total. The molecular weight excluding hydrogens is 245 g/mol. The van der Waals surface area contributed by atoms with Gasteiger partial charge in [-0.3, -0.25) is 4.79 Å². The molecule has 1 N–H and O–H groups in total. The monoisotopic (exact) mass is 267 g/mol. The van der Waals surface area contributed by atoms with Crippen LogP contribution in [0.3, 0.4) is 0 Å². The molecule has 0 saturated heterocycles. The Labute approximate surface area is 114 Å². The minimum atomic E-state index is -0.605. The summed E-state index contributed by atoms with van der Waals surface area (Å²) in [6.07, 6.45) is 0. The van der Waals surface area contributed by atoms with E-state index < -0.39 is 5.41 Å². The summed E-state index contributed by atoms with van der Waals surface area (Å²) in [6, 6.07) is 5.15. The molecule has 0 spiro atoms. The second-order valence-corrected chi connectivity index (χ2v) is 5.49. The molecule has 106 valence electrons. The number of benzene rings is 1. The maximum atomic E-state index is 13.5. The lowest BCUT2D eigenvalue weighted by molar-refractivity contribution is -0.150. The van der Waals surface area contributed by atoms with Gasteiger partial charge in [-0.05, 0) is 44.9 Å². The molecule has 0 aliphatic rings. The number of carbonyl (C=O) groups is 1. The number of carbonyl (C=O) groups excluding carboxylic acids is 1. The highest BCUT2D eigenvalue weighted by Gasteiger charge is 2.28. The molecule has 0 amide bonds. The van der Waals surface area contributed by atoms with Gasteiger partial charge >= 0.3 is 5.97 Å². The summed E-state index contributed by atoms with van der Waals surface area (Å²) in [4.78, 5) is 11.6. The average molecular weight is 267 g/mol. The summed E-state index contributed by atoms with van der Waals surface area (Å²) >= 11 is 0.